The van der Waals surface area contributed by atoms with Crippen LogP contribution < -0.4 is 0 Å². The molecule has 0 heterocycles. The zero-order chi connectivity index (χ0) is 13.5. The van der Waals surface area contributed by atoms with Gasteiger partial charge in [-0.2, -0.15) is 0 Å². The van der Waals surface area contributed by atoms with Crippen molar-refractivity contribution in [2.75, 3.05) is 0 Å². The zero-order valence-electron chi connectivity index (χ0n) is 10.2. The highest BCUT2D eigenvalue weighted by atomic mass is 16.3. The third kappa shape index (κ3) is 4.51. The van der Waals surface area contributed by atoms with Gasteiger partial charge in [-0.15, -0.1) is 0 Å². The van der Waals surface area contributed by atoms with E-state index in [1.54, 1.807) is 18.2 Å². The minimum absolute atomic E-state index is 0.0102. The van der Waals surface area contributed by atoms with Gasteiger partial charge in [0, 0.05) is 18.4 Å². The van der Waals surface area contributed by atoms with Crippen molar-refractivity contribution in [3.63, 3.8) is 0 Å². The number of allylic oxidation sites excluding steroid dienone is 1. The fourth-order valence-electron chi connectivity index (χ4n) is 1.41. The maximum absolute atomic E-state index is 11.4. The number of aliphatic hydroxyl groups is 1. The Labute approximate surface area is 106 Å². The minimum atomic E-state index is -0.258. The third-order valence-electron chi connectivity index (χ3n) is 2.46. The molecule has 1 aromatic rings. The first kappa shape index (κ1) is 14.1. The number of hydrogen-bond donors (Lipinski definition) is 2. The summed E-state index contributed by atoms with van der Waals surface area (Å²) in [5, 5.41) is 18.3. The topological polar surface area (TPSA) is 74.6 Å². The molecule has 1 aromatic carbocycles. The molecule has 4 heteroatoms. The molecule has 0 unspecified atom stereocenters. The molecule has 0 aromatic heterocycles. The van der Waals surface area contributed by atoms with Gasteiger partial charge in [-0.1, -0.05) is 12.1 Å². The van der Waals surface area contributed by atoms with Crippen LogP contribution in [-0.2, 0) is 16.2 Å². The van der Waals surface area contributed by atoms with Gasteiger partial charge in [0.1, 0.15) is 11.5 Å². The molecule has 0 aliphatic heterocycles. The summed E-state index contributed by atoms with van der Waals surface area (Å²) in [7, 11) is 0. The smallest absolute Gasteiger partial charge is 0.156 e. The Morgan fingerprint density at radius 1 is 1.28 bits per heavy atom. The second kappa shape index (κ2) is 6.71. The highest BCUT2D eigenvalue weighted by molar-refractivity contribution is 5.95. The molecule has 0 saturated carbocycles. The first-order valence-electron chi connectivity index (χ1n) is 5.66. The zero-order valence-corrected chi connectivity index (χ0v) is 10.2. The summed E-state index contributed by atoms with van der Waals surface area (Å²) in [6, 6.07) is 4.71. The summed E-state index contributed by atoms with van der Waals surface area (Å²) < 4.78 is 0. The largest absolute Gasteiger partial charge is 0.508 e. The number of Topliss-reactive ketones (excluding diaryl/α,β-unsaturated/α-hetero) is 1. The van der Waals surface area contributed by atoms with Crippen LogP contribution >= 0.6 is 0 Å². The second-order valence-electron chi connectivity index (χ2n) is 4.05. The Morgan fingerprint density at radius 2 is 2.00 bits per heavy atom. The van der Waals surface area contributed by atoms with E-state index in [-0.39, 0.29) is 36.8 Å². The first-order chi connectivity index (χ1) is 8.52. The highest BCUT2D eigenvalue weighted by Crippen LogP contribution is 2.19. The molecule has 96 valence electrons. The third-order valence-corrected chi connectivity index (χ3v) is 2.46. The number of rotatable bonds is 6. The summed E-state index contributed by atoms with van der Waals surface area (Å²) in [4.78, 5) is 22.1. The normalized spacial score (nSPS) is 10.8. The molecule has 4 nitrogen and oxygen atoms in total. The van der Waals surface area contributed by atoms with Crippen molar-refractivity contribution in [1.29, 1.82) is 0 Å². The number of hydrogen-bond acceptors (Lipinski definition) is 4. The van der Waals surface area contributed by atoms with E-state index in [0.717, 1.165) is 0 Å². The predicted molar refractivity (Wildman–Crippen MR) is 68.0 cm³/mol. The number of ketones is 2. The Bertz CT molecular complexity index is 475. The summed E-state index contributed by atoms with van der Waals surface area (Å²) in [6.07, 6.45) is 3.45. The lowest BCUT2D eigenvalue weighted by atomic mass is 10.1. The lowest BCUT2D eigenvalue weighted by molar-refractivity contribution is -0.120. The average molecular weight is 248 g/mol. The van der Waals surface area contributed by atoms with Gasteiger partial charge in [0.2, 0.25) is 0 Å². The van der Waals surface area contributed by atoms with E-state index in [0.29, 0.717) is 11.1 Å². The molecule has 0 fully saturated rings. The number of carbonyl (C=O) groups excluding carboxylic acids is 2. The second-order valence-corrected chi connectivity index (χ2v) is 4.05. The Kier molecular flexibility index (Phi) is 5.27. The Morgan fingerprint density at radius 3 is 2.61 bits per heavy atom. The van der Waals surface area contributed by atoms with Gasteiger partial charge in [-0.25, -0.2) is 0 Å². The van der Waals surface area contributed by atoms with E-state index in [1.165, 1.54) is 19.1 Å². The Hall–Kier alpha value is -1.94. The lowest BCUT2D eigenvalue weighted by Crippen LogP contribution is -1.97. The molecule has 2 N–H and O–H groups in total. The molecule has 1 rings (SSSR count). The van der Waals surface area contributed by atoms with Gasteiger partial charge >= 0.3 is 0 Å². The van der Waals surface area contributed by atoms with Gasteiger partial charge in [0.25, 0.3) is 0 Å². The molecule has 0 aliphatic rings. The quantitative estimate of drug-likeness (QED) is 0.753. The standard InChI is InChI=1S/C14H16O4/c1-10(16)2-5-13(17)6-3-11-4-7-14(18)12(8-11)9-15/h3-4,6-8,15,18H,2,5,9H2,1H3. The Balaban J connectivity index is 2.66. The van der Waals surface area contributed by atoms with Crippen LogP contribution in [0.25, 0.3) is 6.08 Å². The molecule has 0 saturated heterocycles. The van der Waals surface area contributed by atoms with Crippen molar-refractivity contribution in [1.82, 2.24) is 0 Å². The van der Waals surface area contributed by atoms with E-state index >= 15 is 0 Å². The van der Waals surface area contributed by atoms with Gasteiger partial charge in [-0.3, -0.25) is 4.79 Å². The maximum Gasteiger partial charge on any atom is 0.156 e. The van der Waals surface area contributed by atoms with Crippen molar-refractivity contribution >= 4 is 17.6 Å². The predicted octanol–water partition coefficient (Wildman–Crippen LogP) is 1.84. The minimum Gasteiger partial charge on any atom is -0.508 e. The summed E-state index contributed by atoms with van der Waals surface area (Å²) in [6.45, 7) is 1.19. The van der Waals surface area contributed by atoms with Crippen molar-refractivity contribution in [3.05, 3.63) is 35.4 Å². The SMILES string of the molecule is CC(=O)CCC(=O)C=Cc1ccc(O)c(CO)c1. The molecule has 18 heavy (non-hydrogen) atoms. The van der Waals surface area contributed by atoms with E-state index < -0.39 is 0 Å². The molecule has 0 bridgehead atoms. The van der Waals surface area contributed by atoms with Crippen LogP contribution in [0.2, 0.25) is 0 Å². The van der Waals surface area contributed by atoms with Crippen LogP contribution in [0.3, 0.4) is 0 Å². The number of aliphatic hydroxyl groups excluding tert-OH is 1. The molecule has 0 spiro atoms. The molecule has 0 radical (unpaired) electrons. The number of benzene rings is 1. The summed E-state index contributed by atoms with van der Waals surface area (Å²) >= 11 is 0. The van der Waals surface area contributed by atoms with Gasteiger partial charge < -0.3 is 15.0 Å². The highest BCUT2D eigenvalue weighted by Gasteiger charge is 2.02. The van der Waals surface area contributed by atoms with Crippen molar-refractivity contribution in [3.8, 4) is 5.75 Å². The van der Waals surface area contributed by atoms with Crippen LogP contribution in [0.5, 0.6) is 5.75 Å². The molecular formula is C14H16O4. The van der Waals surface area contributed by atoms with Crippen molar-refractivity contribution in [2.24, 2.45) is 0 Å². The van der Waals surface area contributed by atoms with Crippen molar-refractivity contribution in [2.45, 2.75) is 26.4 Å². The van der Waals surface area contributed by atoms with Crippen LogP contribution in [-0.4, -0.2) is 21.8 Å². The molecule has 0 aliphatic carbocycles. The van der Waals surface area contributed by atoms with Crippen LogP contribution in [0, 0.1) is 0 Å². The monoisotopic (exact) mass is 248 g/mol. The molecule has 0 atom stereocenters. The summed E-state index contributed by atoms with van der Waals surface area (Å²) in [5.41, 5.74) is 1.13. The number of aromatic hydroxyl groups is 1. The fraction of sp³-hybridized carbons (Fsp3) is 0.286. The number of phenols is 1. The summed E-state index contributed by atoms with van der Waals surface area (Å²) in [5.74, 6) is -0.106. The lowest BCUT2D eigenvalue weighted by Gasteiger charge is -2.01. The van der Waals surface area contributed by atoms with Crippen molar-refractivity contribution < 1.29 is 19.8 Å². The number of carbonyl (C=O) groups is 2. The van der Waals surface area contributed by atoms with E-state index in [1.807, 2.05) is 0 Å². The van der Waals surface area contributed by atoms with Gasteiger partial charge in [-0.05, 0) is 30.7 Å². The average Bonchev–Trinajstić information content (AvgIpc) is 2.35. The van der Waals surface area contributed by atoms with E-state index in [4.69, 9.17) is 5.11 Å². The van der Waals surface area contributed by atoms with Gasteiger partial charge in [0.05, 0.1) is 6.61 Å². The van der Waals surface area contributed by atoms with Gasteiger partial charge in [0.15, 0.2) is 5.78 Å². The molecular weight excluding hydrogens is 232 g/mol. The van der Waals surface area contributed by atoms with Crippen LogP contribution in [0.15, 0.2) is 24.3 Å². The first-order valence-corrected chi connectivity index (χ1v) is 5.66. The van der Waals surface area contributed by atoms with Crippen LogP contribution in [0.4, 0.5) is 0 Å². The van der Waals surface area contributed by atoms with E-state index in [2.05, 4.69) is 0 Å². The molecule has 0 amide bonds. The maximum atomic E-state index is 11.4. The van der Waals surface area contributed by atoms with Crippen LogP contribution in [0.1, 0.15) is 30.9 Å². The van der Waals surface area contributed by atoms with E-state index in [9.17, 15) is 14.7 Å². The fourth-order valence-corrected chi connectivity index (χ4v) is 1.41.